The maximum atomic E-state index is 12.6. The quantitative estimate of drug-likeness (QED) is 0.812. The highest BCUT2D eigenvalue weighted by atomic mass is 16.5. The van der Waals surface area contributed by atoms with E-state index in [4.69, 9.17) is 4.74 Å². The number of benzene rings is 1. The zero-order chi connectivity index (χ0) is 18.7. The average molecular weight is 356 g/mol. The number of piperidine rings is 1. The molecule has 26 heavy (non-hydrogen) atoms. The number of nitriles is 1. The van der Waals surface area contributed by atoms with Crippen molar-refractivity contribution in [2.45, 2.75) is 25.3 Å². The largest absolute Gasteiger partial charge is 0.382 e. The van der Waals surface area contributed by atoms with Crippen LogP contribution in [-0.2, 0) is 9.53 Å². The molecule has 7 nitrogen and oxygen atoms in total. The summed E-state index contributed by atoms with van der Waals surface area (Å²) in [4.78, 5) is 28.3. The fraction of sp³-hybridized carbons (Fsp3) is 0.526. The summed E-state index contributed by atoms with van der Waals surface area (Å²) in [6.45, 7) is 3.90. The van der Waals surface area contributed by atoms with Crippen molar-refractivity contribution in [2.75, 3.05) is 38.3 Å². The summed E-state index contributed by atoms with van der Waals surface area (Å²) in [5.74, 6) is 0.0432. The molecule has 1 unspecified atom stereocenters. The van der Waals surface area contributed by atoms with E-state index in [1.807, 2.05) is 24.3 Å². The predicted octanol–water partition coefficient (Wildman–Crippen LogP) is 1.73. The van der Waals surface area contributed by atoms with Gasteiger partial charge in [-0.3, -0.25) is 9.69 Å². The first-order valence-electron chi connectivity index (χ1n) is 8.85. The van der Waals surface area contributed by atoms with E-state index < -0.39 is 5.54 Å². The van der Waals surface area contributed by atoms with Gasteiger partial charge in [0.1, 0.15) is 11.6 Å². The molecule has 3 amide bonds. The van der Waals surface area contributed by atoms with Crippen LogP contribution in [0.2, 0.25) is 0 Å². The fourth-order valence-corrected chi connectivity index (χ4v) is 3.76. The zero-order valence-corrected chi connectivity index (χ0v) is 15.2. The molecule has 0 radical (unpaired) electrons. The molecule has 2 saturated heterocycles. The molecule has 2 aliphatic rings. The molecule has 1 aromatic rings. The number of anilines is 1. The van der Waals surface area contributed by atoms with Crippen LogP contribution in [0.15, 0.2) is 24.3 Å². The molecule has 2 aliphatic heterocycles. The Balaban J connectivity index is 1.60. The van der Waals surface area contributed by atoms with E-state index in [0.29, 0.717) is 12.1 Å². The number of amides is 3. The number of para-hydroxylation sites is 1. The van der Waals surface area contributed by atoms with Crippen molar-refractivity contribution in [2.24, 2.45) is 5.92 Å². The van der Waals surface area contributed by atoms with Gasteiger partial charge in [0.25, 0.3) is 5.91 Å². The summed E-state index contributed by atoms with van der Waals surface area (Å²) in [6.07, 6.45) is 1.75. The molecule has 0 aromatic heterocycles. The Bertz CT molecular complexity index is 737. The van der Waals surface area contributed by atoms with Gasteiger partial charge in [0.2, 0.25) is 0 Å². The smallest absolute Gasteiger partial charge is 0.325 e. The lowest BCUT2D eigenvalue weighted by Gasteiger charge is -2.35. The maximum Gasteiger partial charge on any atom is 0.325 e. The van der Waals surface area contributed by atoms with Crippen LogP contribution in [-0.4, -0.2) is 55.7 Å². The van der Waals surface area contributed by atoms with E-state index >= 15 is 0 Å². The first kappa shape index (κ1) is 18.2. The molecule has 0 bridgehead atoms. The summed E-state index contributed by atoms with van der Waals surface area (Å²) in [6, 6.07) is 9.49. The van der Waals surface area contributed by atoms with E-state index in [1.54, 1.807) is 6.92 Å². The normalized spacial score (nSPS) is 23.9. The first-order chi connectivity index (χ1) is 12.5. The lowest BCUT2D eigenvalue weighted by molar-refractivity contribution is -0.132. The van der Waals surface area contributed by atoms with Crippen molar-refractivity contribution in [3.05, 3.63) is 29.8 Å². The van der Waals surface area contributed by atoms with Crippen LogP contribution in [0.25, 0.3) is 0 Å². The van der Waals surface area contributed by atoms with Crippen LogP contribution in [0, 0.1) is 17.2 Å². The van der Waals surface area contributed by atoms with Crippen molar-refractivity contribution >= 4 is 17.6 Å². The third-order valence-corrected chi connectivity index (χ3v) is 5.20. The van der Waals surface area contributed by atoms with Gasteiger partial charge in [-0.05, 0) is 37.8 Å². The molecular weight excluding hydrogens is 332 g/mol. The second kappa shape index (κ2) is 7.34. The molecule has 2 fully saturated rings. The summed E-state index contributed by atoms with van der Waals surface area (Å²) in [7, 11) is 1.52. The van der Waals surface area contributed by atoms with Gasteiger partial charge in [-0.15, -0.1) is 0 Å². The molecule has 0 aliphatic carbocycles. The topological polar surface area (TPSA) is 85.7 Å². The summed E-state index contributed by atoms with van der Waals surface area (Å²) in [5.41, 5.74) is 0.657. The number of ether oxygens (including phenoxy) is 1. The Hall–Kier alpha value is -2.59. The van der Waals surface area contributed by atoms with E-state index in [9.17, 15) is 14.9 Å². The lowest BCUT2D eigenvalue weighted by Crippen LogP contribution is -2.48. The van der Waals surface area contributed by atoms with Gasteiger partial charge in [0.15, 0.2) is 0 Å². The minimum atomic E-state index is -0.974. The Morgan fingerprint density at radius 2 is 2.00 bits per heavy atom. The molecule has 0 saturated carbocycles. The molecule has 138 valence electrons. The van der Waals surface area contributed by atoms with E-state index in [-0.39, 0.29) is 24.5 Å². The van der Waals surface area contributed by atoms with Crippen LogP contribution in [0.4, 0.5) is 10.5 Å². The first-order valence-corrected chi connectivity index (χ1v) is 8.85. The van der Waals surface area contributed by atoms with Crippen LogP contribution < -0.4 is 10.2 Å². The Morgan fingerprint density at radius 1 is 1.31 bits per heavy atom. The number of carbonyl (C=O) groups excluding carboxylic acids is 2. The number of imide groups is 1. The molecule has 1 aromatic carbocycles. The average Bonchev–Trinajstić information content (AvgIpc) is 2.85. The Morgan fingerprint density at radius 3 is 2.65 bits per heavy atom. The summed E-state index contributed by atoms with van der Waals surface area (Å²) < 4.78 is 5.08. The van der Waals surface area contributed by atoms with E-state index in [1.165, 1.54) is 12.0 Å². The van der Waals surface area contributed by atoms with Gasteiger partial charge in [0.05, 0.1) is 17.9 Å². The predicted molar refractivity (Wildman–Crippen MR) is 96.6 cm³/mol. The Kier molecular flexibility index (Phi) is 5.14. The number of carbonyl (C=O) groups is 2. The van der Waals surface area contributed by atoms with Crippen molar-refractivity contribution < 1.29 is 14.3 Å². The highest BCUT2D eigenvalue weighted by molar-refractivity contribution is 6.06. The number of rotatable bonds is 5. The molecule has 7 heteroatoms. The third kappa shape index (κ3) is 3.37. The van der Waals surface area contributed by atoms with Crippen molar-refractivity contribution in [3.8, 4) is 6.07 Å². The number of nitrogens with zero attached hydrogens (tertiary/aromatic N) is 3. The zero-order valence-electron chi connectivity index (χ0n) is 15.2. The van der Waals surface area contributed by atoms with Crippen LogP contribution in [0.5, 0.6) is 0 Å². The number of hydrogen-bond acceptors (Lipinski definition) is 5. The second-order valence-corrected chi connectivity index (χ2v) is 7.17. The van der Waals surface area contributed by atoms with Crippen LogP contribution in [0.3, 0.4) is 0 Å². The molecule has 2 heterocycles. The molecule has 1 atom stereocenters. The molecular formula is C19H24N4O3. The lowest BCUT2D eigenvalue weighted by atomic mass is 9.95. The molecule has 0 spiro atoms. The third-order valence-electron chi connectivity index (χ3n) is 5.20. The number of methoxy groups -OCH3 is 1. The number of nitrogens with one attached hydrogen (secondary N) is 1. The monoisotopic (exact) mass is 356 g/mol. The molecule has 3 rings (SSSR count). The summed E-state index contributed by atoms with van der Waals surface area (Å²) in [5, 5.41) is 12.0. The van der Waals surface area contributed by atoms with Gasteiger partial charge in [-0.2, -0.15) is 5.26 Å². The summed E-state index contributed by atoms with van der Waals surface area (Å²) >= 11 is 0. The van der Waals surface area contributed by atoms with Gasteiger partial charge >= 0.3 is 6.03 Å². The van der Waals surface area contributed by atoms with Gasteiger partial charge in [-0.1, -0.05) is 12.1 Å². The van der Waals surface area contributed by atoms with Gasteiger partial charge in [-0.25, -0.2) is 4.79 Å². The highest BCUT2D eigenvalue weighted by Gasteiger charge is 2.48. The van der Waals surface area contributed by atoms with E-state index in [0.717, 1.165) is 31.6 Å². The number of urea groups is 1. The van der Waals surface area contributed by atoms with Crippen molar-refractivity contribution in [3.63, 3.8) is 0 Å². The van der Waals surface area contributed by atoms with E-state index in [2.05, 4.69) is 16.3 Å². The second-order valence-electron chi connectivity index (χ2n) is 7.17. The van der Waals surface area contributed by atoms with Crippen molar-refractivity contribution in [1.82, 2.24) is 10.2 Å². The standard InChI is InChI=1S/C19H24N4O3/c1-19(13-26-2)17(24)23(18(25)21-19)12-14-7-9-22(10-8-14)16-6-4-3-5-15(16)11-20/h3-6,14H,7-10,12-13H2,1-2H3,(H,21,25). The van der Waals surface area contributed by atoms with Crippen LogP contribution in [0.1, 0.15) is 25.3 Å². The van der Waals surface area contributed by atoms with Gasteiger partial charge in [0, 0.05) is 26.7 Å². The minimum absolute atomic E-state index is 0.164. The van der Waals surface area contributed by atoms with Gasteiger partial charge < -0.3 is 15.0 Å². The fourth-order valence-electron chi connectivity index (χ4n) is 3.76. The minimum Gasteiger partial charge on any atom is -0.382 e. The van der Waals surface area contributed by atoms with Crippen molar-refractivity contribution in [1.29, 1.82) is 5.26 Å². The Labute approximate surface area is 153 Å². The maximum absolute atomic E-state index is 12.6. The van der Waals surface area contributed by atoms with Crippen LogP contribution >= 0.6 is 0 Å². The number of hydrogen-bond donors (Lipinski definition) is 1. The highest BCUT2D eigenvalue weighted by Crippen LogP contribution is 2.28. The molecule has 1 N–H and O–H groups in total. The SMILES string of the molecule is COCC1(C)NC(=O)N(CC2CCN(c3ccccc3C#N)CC2)C1=O.